The Bertz CT molecular complexity index is 1190. The Labute approximate surface area is 213 Å². The topological polar surface area (TPSA) is 65.8 Å². The molecule has 2 aromatic carbocycles. The molecular formula is C30H33N3O3. The van der Waals surface area contributed by atoms with Crippen LogP contribution >= 0.6 is 0 Å². The van der Waals surface area contributed by atoms with Gasteiger partial charge in [-0.2, -0.15) is 5.26 Å². The fraction of sp³-hybridized carbons (Fsp3) is 0.467. The van der Waals surface area contributed by atoms with Crippen LogP contribution in [0, 0.1) is 29.1 Å². The van der Waals surface area contributed by atoms with Crippen molar-refractivity contribution in [2.45, 2.75) is 57.3 Å². The third-order valence-corrected chi connectivity index (χ3v) is 8.65. The lowest BCUT2D eigenvalue weighted by Gasteiger charge is -2.39. The average molecular weight is 484 g/mol. The summed E-state index contributed by atoms with van der Waals surface area (Å²) in [6, 6.07) is 20.8. The third kappa shape index (κ3) is 3.69. The first-order valence-electron chi connectivity index (χ1n) is 13.1. The van der Waals surface area contributed by atoms with E-state index >= 15 is 0 Å². The van der Waals surface area contributed by atoms with E-state index in [-0.39, 0.29) is 42.7 Å². The predicted octanol–water partition coefficient (Wildman–Crippen LogP) is 4.63. The number of carbonyl (C=O) groups is 1. The Balaban J connectivity index is 1.42. The maximum atomic E-state index is 14.6. The molecule has 36 heavy (non-hydrogen) atoms. The lowest BCUT2D eigenvalue weighted by molar-refractivity contribution is -0.136. The molecule has 4 aliphatic rings. The molecule has 2 aromatic rings. The highest BCUT2D eigenvalue weighted by molar-refractivity contribution is 5.85. The van der Waals surface area contributed by atoms with Crippen molar-refractivity contribution < 1.29 is 14.3 Å². The Morgan fingerprint density at radius 3 is 2.56 bits per heavy atom. The maximum Gasteiger partial charge on any atom is 0.229 e. The summed E-state index contributed by atoms with van der Waals surface area (Å²) in [6.07, 6.45) is 4.69. The highest BCUT2D eigenvalue weighted by Crippen LogP contribution is 2.57. The number of nitrogens with zero attached hydrogens (tertiary/aromatic N) is 3. The van der Waals surface area contributed by atoms with E-state index in [1.54, 1.807) is 6.26 Å². The van der Waals surface area contributed by atoms with Gasteiger partial charge in [0.25, 0.3) is 0 Å². The van der Waals surface area contributed by atoms with E-state index in [9.17, 15) is 10.1 Å². The molecule has 0 bridgehead atoms. The normalized spacial score (nSPS) is 29.9. The van der Waals surface area contributed by atoms with Crippen molar-refractivity contribution in [3.8, 4) is 6.07 Å². The SMILES string of the molecule is CC(C)C1C2C(C(=O)N1C(Cc1ccccc1)C1=COCO1)C(c1ccc(C#N)cc1)N1CCCC21. The zero-order valence-corrected chi connectivity index (χ0v) is 20.9. The smallest absolute Gasteiger partial charge is 0.229 e. The fourth-order valence-corrected chi connectivity index (χ4v) is 7.35. The number of rotatable bonds is 6. The third-order valence-electron chi connectivity index (χ3n) is 8.65. The molecule has 0 radical (unpaired) electrons. The first kappa shape index (κ1) is 23.1. The number of nitriles is 1. The van der Waals surface area contributed by atoms with Crippen LogP contribution in [0.1, 0.15) is 49.4 Å². The first-order chi connectivity index (χ1) is 17.6. The van der Waals surface area contributed by atoms with E-state index in [1.807, 2.05) is 30.3 Å². The largest absolute Gasteiger partial charge is 0.462 e. The van der Waals surface area contributed by atoms with Crippen molar-refractivity contribution in [1.82, 2.24) is 9.80 Å². The van der Waals surface area contributed by atoms with Gasteiger partial charge in [-0.1, -0.05) is 56.3 Å². The van der Waals surface area contributed by atoms with Crippen LogP contribution in [-0.2, 0) is 20.7 Å². The van der Waals surface area contributed by atoms with Gasteiger partial charge >= 0.3 is 0 Å². The van der Waals surface area contributed by atoms with Crippen molar-refractivity contribution >= 4 is 5.91 Å². The molecule has 0 spiro atoms. The zero-order chi connectivity index (χ0) is 24.8. The fourth-order valence-electron chi connectivity index (χ4n) is 7.35. The van der Waals surface area contributed by atoms with E-state index in [4.69, 9.17) is 9.47 Å². The van der Waals surface area contributed by atoms with Gasteiger partial charge < -0.3 is 14.4 Å². The molecule has 0 saturated carbocycles. The summed E-state index contributed by atoms with van der Waals surface area (Å²) in [5.74, 6) is 1.45. The zero-order valence-electron chi connectivity index (χ0n) is 20.9. The number of hydrogen-bond donors (Lipinski definition) is 0. The van der Waals surface area contributed by atoms with E-state index in [0.717, 1.165) is 30.7 Å². The van der Waals surface area contributed by atoms with Crippen LogP contribution in [0.25, 0.3) is 0 Å². The van der Waals surface area contributed by atoms with Crippen LogP contribution < -0.4 is 0 Å². The molecule has 6 atom stereocenters. The monoisotopic (exact) mass is 483 g/mol. The highest BCUT2D eigenvalue weighted by Gasteiger charge is 2.64. The van der Waals surface area contributed by atoms with E-state index in [2.05, 4.69) is 54.0 Å². The number of fused-ring (bicyclic) bond motifs is 3. The summed E-state index contributed by atoms with van der Waals surface area (Å²) in [4.78, 5) is 19.3. The second-order valence-electron chi connectivity index (χ2n) is 10.9. The van der Waals surface area contributed by atoms with Crippen LogP contribution in [0.5, 0.6) is 0 Å². The number of amides is 1. The number of carbonyl (C=O) groups excluding carboxylic acids is 1. The van der Waals surface area contributed by atoms with Crippen molar-refractivity contribution in [2.24, 2.45) is 17.8 Å². The quantitative estimate of drug-likeness (QED) is 0.599. The van der Waals surface area contributed by atoms with Crippen LogP contribution in [0.4, 0.5) is 0 Å². The summed E-state index contributed by atoms with van der Waals surface area (Å²) < 4.78 is 11.4. The van der Waals surface area contributed by atoms with Gasteiger partial charge in [0.15, 0.2) is 5.76 Å². The van der Waals surface area contributed by atoms with E-state index < -0.39 is 0 Å². The van der Waals surface area contributed by atoms with Gasteiger partial charge in [-0.15, -0.1) is 0 Å². The molecule has 1 amide bonds. The number of ether oxygens (including phenoxy) is 2. The van der Waals surface area contributed by atoms with Crippen LogP contribution in [-0.4, -0.2) is 47.2 Å². The molecular weight excluding hydrogens is 450 g/mol. The number of hydrogen-bond acceptors (Lipinski definition) is 5. The van der Waals surface area contributed by atoms with Crippen molar-refractivity contribution in [1.29, 1.82) is 5.26 Å². The summed E-state index contributed by atoms with van der Waals surface area (Å²) >= 11 is 0. The molecule has 4 aliphatic heterocycles. The van der Waals surface area contributed by atoms with Crippen LogP contribution in [0.15, 0.2) is 66.6 Å². The Hall–Kier alpha value is -3.30. The summed E-state index contributed by atoms with van der Waals surface area (Å²) in [6.45, 7) is 5.73. The summed E-state index contributed by atoms with van der Waals surface area (Å²) in [7, 11) is 0. The standard InChI is InChI=1S/C30H33N3O3/c1-19(2)28-26-23-9-6-14-32(23)29(22-12-10-21(16-31)11-13-22)27(26)30(34)33(28)24(25-17-35-18-36-25)15-20-7-4-3-5-8-20/h3-5,7-8,10-13,17,19,23-24,26-29H,6,9,14-15,18H2,1-2H3. The molecule has 4 heterocycles. The molecule has 3 saturated heterocycles. The molecule has 0 N–H and O–H groups in total. The molecule has 6 rings (SSSR count). The van der Waals surface area contributed by atoms with Gasteiger partial charge in [0.05, 0.1) is 23.6 Å². The lowest BCUT2D eigenvalue weighted by atomic mass is 9.79. The minimum atomic E-state index is -0.197. The molecule has 3 fully saturated rings. The maximum absolute atomic E-state index is 14.6. The molecule has 6 nitrogen and oxygen atoms in total. The first-order valence-corrected chi connectivity index (χ1v) is 13.1. The van der Waals surface area contributed by atoms with Gasteiger partial charge in [0, 0.05) is 30.5 Å². The van der Waals surface area contributed by atoms with Gasteiger partial charge in [0.1, 0.15) is 6.26 Å². The second-order valence-corrected chi connectivity index (χ2v) is 10.9. The lowest BCUT2D eigenvalue weighted by Crippen LogP contribution is -2.50. The molecule has 0 aromatic heterocycles. The Kier molecular flexibility index (Phi) is 5.97. The van der Waals surface area contributed by atoms with Crippen LogP contribution in [0.2, 0.25) is 0 Å². The highest BCUT2D eigenvalue weighted by atomic mass is 16.7. The number of benzene rings is 2. The minimum Gasteiger partial charge on any atom is -0.462 e. The average Bonchev–Trinajstić information content (AvgIpc) is 3.67. The van der Waals surface area contributed by atoms with Gasteiger partial charge in [-0.25, -0.2) is 0 Å². The van der Waals surface area contributed by atoms with Crippen LogP contribution in [0.3, 0.4) is 0 Å². The number of likely N-dealkylation sites (tertiary alicyclic amines) is 1. The Morgan fingerprint density at radius 2 is 1.89 bits per heavy atom. The second kappa shape index (κ2) is 9.29. The van der Waals surface area contributed by atoms with E-state index in [1.165, 1.54) is 5.56 Å². The minimum absolute atomic E-state index is 0.0427. The molecule has 186 valence electrons. The summed E-state index contributed by atoms with van der Waals surface area (Å²) in [5, 5.41) is 9.30. The molecule has 0 aliphatic carbocycles. The molecule has 6 unspecified atom stereocenters. The van der Waals surface area contributed by atoms with Gasteiger partial charge in [-0.3, -0.25) is 9.69 Å². The van der Waals surface area contributed by atoms with Crippen molar-refractivity contribution in [3.63, 3.8) is 0 Å². The van der Waals surface area contributed by atoms with Gasteiger partial charge in [0.2, 0.25) is 12.7 Å². The predicted molar refractivity (Wildman–Crippen MR) is 135 cm³/mol. The van der Waals surface area contributed by atoms with E-state index in [0.29, 0.717) is 23.9 Å². The van der Waals surface area contributed by atoms with Crippen molar-refractivity contribution in [2.75, 3.05) is 13.3 Å². The Morgan fingerprint density at radius 1 is 1.11 bits per heavy atom. The van der Waals surface area contributed by atoms with Crippen molar-refractivity contribution in [3.05, 3.63) is 83.3 Å². The summed E-state index contributed by atoms with van der Waals surface area (Å²) in [5.41, 5.74) is 2.97. The van der Waals surface area contributed by atoms with Gasteiger partial charge in [-0.05, 0) is 48.6 Å². The molecule has 6 heteroatoms.